The molecule has 0 spiro atoms. The quantitative estimate of drug-likeness (QED) is 0.0404. The number of aryl methyl sites for hydroxylation is 1. The van der Waals surface area contributed by atoms with Crippen molar-refractivity contribution in [1.29, 1.82) is 0 Å². The molecular weight excluding hydrogens is 684 g/mol. The molecule has 0 radical (unpaired) electrons. The molecule has 262 valence electrons. The number of carbonyl (C=O) groups is 3. The summed E-state index contributed by atoms with van der Waals surface area (Å²) < 4.78 is 43.1. The van der Waals surface area contributed by atoms with Gasteiger partial charge in [0.15, 0.2) is 10.8 Å². The molecule has 5 rings (SSSR count). The number of aromatic nitrogens is 2. The topological polar surface area (TPSA) is 262 Å². The third-order valence-electron chi connectivity index (χ3n) is 7.88. The van der Waals surface area contributed by atoms with Crippen molar-refractivity contribution in [2.45, 2.75) is 49.9 Å². The Morgan fingerprint density at radius 1 is 1.20 bits per heavy atom. The summed E-state index contributed by atoms with van der Waals surface area (Å²) in [4.78, 5) is 47.0. The number of pyridine rings is 1. The maximum Gasteiger partial charge on any atom is 0.418 e. The van der Waals surface area contributed by atoms with Crippen LogP contribution in [0, 0.1) is 0 Å². The van der Waals surface area contributed by atoms with Gasteiger partial charge in [-0.05, 0) is 50.5 Å². The largest absolute Gasteiger partial charge is 0.489 e. The van der Waals surface area contributed by atoms with E-state index in [1.54, 1.807) is 12.1 Å². The molecule has 3 aromatic rings. The molecular formula is C29H35N8O10S2+. The molecule has 1 saturated carbocycles. The van der Waals surface area contributed by atoms with Gasteiger partial charge < -0.3 is 31.5 Å². The third kappa shape index (κ3) is 8.40. The Hall–Kier alpha value is -4.89. The van der Waals surface area contributed by atoms with Crippen molar-refractivity contribution >= 4 is 56.2 Å². The number of anilines is 2. The van der Waals surface area contributed by atoms with Crippen LogP contribution >= 0.6 is 11.3 Å². The lowest BCUT2D eigenvalue weighted by Gasteiger charge is -2.50. The van der Waals surface area contributed by atoms with Gasteiger partial charge in [0.25, 0.3) is 23.7 Å². The average molecular weight is 720 g/mol. The van der Waals surface area contributed by atoms with E-state index in [0.717, 1.165) is 41.1 Å². The highest BCUT2D eigenvalue weighted by Crippen LogP contribution is 2.33. The van der Waals surface area contributed by atoms with E-state index in [9.17, 15) is 27.9 Å². The Labute approximate surface area is 284 Å². The van der Waals surface area contributed by atoms with Crippen molar-refractivity contribution in [3.8, 4) is 16.9 Å². The van der Waals surface area contributed by atoms with Gasteiger partial charge in [-0.1, -0.05) is 17.3 Å². The number of ether oxygens (including phenoxy) is 1. The van der Waals surface area contributed by atoms with Crippen LogP contribution in [0.4, 0.5) is 10.9 Å². The highest BCUT2D eigenvalue weighted by Gasteiger charge is 2.58. The number of nitrogens with one attached hydrogen (secondary N) is 2. The molecule has 2 aliphatic rings. The maximum absolute atomic E-state index is 13.2. The minimum absolute atomic E-state index is 0.0595. The first-order valence-electron chi connectivity index (χ1n) is 14.7. The Bertz CT molecular complexity index is 1890. The van der Waals surface area contributed by atoms with Crippen molar-refractivity contribution in [2.75, 3.05) is 24.2 Å². The molecule has 1 aliphatic heterocycles. The molecule has 3 heterocycles. The molecule has 2 aromatic heterocycles. The minimum atomic E-state index is -5.02. The number of hydrogen-bond acceptors (Lipinski definition) is 14. The Morgan fingerprint density at radius 3 is 2.43 bits per heavy atom. The molecule has 1 saturated heterocycles. The Morgan fingerprint density at radius 2 is 1.88 bits per heavy atom. The Kier molecular flexibility index (Phi) is 9.79. The number of nitrogens with zero attached hydrogens (tertiary/aromatic N) is 4. The van der Waals surface area contributed by atoms with Crippen molar-refractivity contribution in [3.05, 3.63) is 53.7 Å². The zero-order valence-electron chi connectivity index (χ0n) is 26.5. The second kappa shape index (κ2) is 13.6. The van der Waals surface area contributed by atoms with Crippen molar-refractivity contribution in [2.24, 2.45) is 17.9 Å². The molecule has 49 heavy (non-hydrogen) atoms. The van der Waals surface area contributed by atoms with Gasteiger partial charge in [-0.2, -0.15) is 13.5 Å². The number of hydroxylamine groups is 2. The van der Waals surface area contributed by atoms with Crippen LogP contribution in [0.1, 0.15) is 32.4 Å². The summed E-state index contributed by atoms with van der Waals surface area (Å²) >= 11 is 0.961. The van der Waals surface area contributed by atoms with E-state index >= 15 is 0 Å². The van der Waals surface area contributed by atoms with Crippen molar-refractivity contribution < 1.29 is 50.9 Å². The van der Waals surface area contributed by atoms with Crippen LogP contribution in [0.15, 0.2) is 53.1 Å². The van der Waals surface area contributed by atoms with Crippen LogP contribution in [-0.4, -0.2) is 88.0 Å². The highest BCUT2D eigenvalue weighted by molar-refractivity contribution is 7.80. The van der Waals surface area contributed by atoms with Crippen molar-refractivity contribution in [1.82, 2.24) is 15.4 Å². The van der Waals surface area contributed by atoms with Gasteiger partial charge in [0.1, 0.15) is 30.6 Å². The summed E-state index contributed by atoms with van der Waals surface area (Å²) in [5.41, 5.74) is 11.5. The van der Waals surface area contributed by atoms with Crippen LogP contribution in [0.2, 0.25) is 0 Å². The first-order valence-corrected chi connectivity index (χ1v) is 17.0. The van der Waals surface area contributed by atoms with Gasteiger partial charge in [-0.25, -0.2) is 14.3 Å². The number of oxime groups is 1. The number of thiazole rings is 1. The fraction of sp³-hybridized carbons (Fsp3) is 0.379. The van der Waals surface area contributed by atoms with Crippen LogP contribution < -0.4 is 31.4 Å². The number of nitrogens with two attached hydrogens (primary N) is 2. The number of β-lactam (4-membered cyclic amide) rings is 1. The molecule has 1 aromatic carbocycles. The molecule has 8 N–H and O–H groups in total. The number of aliphatic carboxylic acids is 1. The average Bonchev–Trinajstić information content (AvgIpc) is 3.62. The maximum atomic E-state index is 13.2. The van der Waals surface area contributed by atoms with E-state index in [1.165, 1.54) is 19.2 Å². The van der Waals surface area contributed by atoms with E-state index in [4.69, 9.17) is 25.6 Å². The highest BCUT2D eigenvalue weighted by atomic mass is 32.3. The number of hydrogen-bond donors (Lipinski definition) is 6. The second-order valence-electron chi connectivity index (χ2n) is 12.1. The molecule has 1 aliphatic carbocycles. The molecule has 0 bridgehead atoms. The number of carboxylic acids is 1. The first kappa shape index (κ1) is 35.4. The van der Waals surface area contributed by atoms with Crippen LogP contribution in [0.5, 0.6) is 5.75 Å². The summed E-state index contributed by atoms with van der Waals surface area (Å²) in [6, 6.07) is 9.56. The van der Waals surface area contributed by atoms with E-state index < -0.39 is 58.2 Å². The van der Waals surface area contributed by atoms with Gasteiger partial charge in [-0.15, -0.1) is 15.6 Å². The lowest BCUT2D eigenvalue weighted by Crippen LogP contribution is -2.76. The number of carboxylic acid groups (broad SMARTS) is 1. The first-order chi connectivity index (χ1) is 23.0. The standard InChI is InChI=1S/C29H34N8O10S2/c1-28(2)23(25(39)37(28)47-49(42,43)44)34-24(38)22(19-14-48-27(30)33-19)35-46-20(26(40)41)13-45-18-7-4-16(5-8-18)17-6-9-21(36(3)12-17)32-15-29(31)10-11-29/h4-9,12,14,20,23H,10-11,13,15,31H2,1-3H3,(H5,30,33,34,38,40,41,42,43,44)/p+1/b35-22-/t20?,23-/m1/s1. The number of nitrogen functional groups attached to an aromatic ring is 1. The Balaban J connectivity index is 1.23. The monoisotopic (exact) mass is 719 g/mol. The smallest absolute Gasteiger partial charge is 0.418 e. The van der Waals surface area contributed by atoms with Gasteiger partial charge in [0.2, 0.25) is 0 Å². The minimum Gasteiger partial charge on any atom is -0.489 e. The van der Waals surface area contributed by atoms with Gasteiger partial charge in [-0.3, -0.25) is 19.5 Å². The number of carbonyl (C=O) groups excluding carboxylic acids is 2. The van der Waals surface area contributed by atoms with E-state index in [-0.39, 0.29) is 16.4 Å². The fourth-order valence-corrected chi connectivity index (χ4v) is 5.77. The molecule has 20 heteroatoms. The summed E-state index contributed by atoms with van der Waals surface area (Å²) in [7, 11) is -3.09. The molecule has 2 atom stereocenters. The molecule has 18 nitrogen and oxygen atoms in total. The summed E-state index contributed by atoms with van der Waals surface area (Å²) in [6.07, 6.45) is 2.30. The second-order valence-corrected chi connectivity index (χ2v) is 14.0. The van der Waals surface area contributed by atoms with Crippen molar-refractivity contribution in [3.63, 3.8) is 0 Å². The van der Waals surface area contributed by atoms with Gasteiger partial charge >= 0.3 is 16.4 Å². The fourth-order valence-electron chi connectivity index (χ4n) is 4.76. The van der Waals surface area contributed by atoms with Crippen LogP contribution in [0.25, 0.3) is 11.1 Å². The number of rotatable bonds is 15. The van der Waals surface area contributed by atoms with Crippen LogP contribution in [-0.2, 0) is 41.0 Å². The SMILES string of the molecule is C[n+]1cc(-c2ccc(OCC(O/N=C(\C(=O)N[C@@H]3C(=O)N(OS(=O)(=O)O)C3(C)C)c3csc(N)n3)C(=O)O)cc2)ccc1NCC1(N)CC1. The molecule has 1 unspecified atom stereocenters. The molecule has 2 fully saturated rings. The van der Waals surface area contributed by atoms with Gasteiger partial charge in [0.05, 0.1) is 24.3 Å². The van der Waals surface area contributed by atoms with E-state index in [2.05, 4.69) is 25.1 Å². The zero-order valence-corrected chi connectivity index (χ0v) is 28.2. The lowest BCUT2D eigenvalue weighted by molar-refractivity contribution is -0.656. The van der Waals surface area contributed by atoms with Crippen LogP contribution in [0.3, 0.4) is 0 Å². The summed E-state index contributed by atoms with van der Waals surface area (Å²) in [5, 5.41) is 21.0. The predicted octanol–water partition coefficient (Wildman–Crippen LogP) is 0.213. The number of benzene rings is 1. The van der Waals surface area contributed by atoms with E-state index in [1.807, 2.05) is 42.1 Å². The van der Waals surface area contributed by atoms with E-state index in [0.29, 0.717) is 17.4 Å². The molecule has 2 amide bonds. The van der Waals surface area contributed by atoms with Gasteiger partial charge in [0, 0.05) is 17.0 Å². The number of amides is 2. The summed E-state index contributed by atoms with van der Waals surface area (Å²) in [6.45, 7) is 2.93. The predicted molar refractivity (Wildman–Crippen MR) is 174 cm³/mol. The lowest BCUT2D eigenvalue weighted by atomic mass is 9.84. The summed E-state index contributed by atoms with van der Waals surface area (Å²) in [5.74, 6) is -2.19. The zero-order chi connectivity index (χ0) is 35.7. The third-order valence-corrected chi connectivity index (χ3v) is 8.90. The normalized spacial score (nSPS) is 18.6.